The first-order valence-corrected chi connectivity index (χ1v) is 6.06. The Bertz CT molecular complexity index is 796. The van der Waals surface area contributed by atoms with Crippen molar-refractivity contribution in [1.82, 2.24) is 15.4 Å². The van der Waals surface area contributed by atoms with Gasteiger partial charge in [-0.05, 0) is 24.3 Å². The van der Waals surface area contributed by atoms with E-state index >= 15 is 0 Å². The van der Waals surface area contributed by atoms with Crippen molar-refractivity contribution in [2.24, 2.45) is 0 Å². The first-order valence-electron chi connectivity index (χ1n) is 6.06. The number of carbonyl (C=O) groups excluding carboxylic acids is 1. The normalized spacial score (nSPS) is 10.6. The van der Waals surface area contributed by atoms with Crippen molar-refractivity contribution in [1.29, 1.82) is 0 Å². The minimum Gasteiger partial charge on any atom is -0.481 e. The fourth-order valence-electron chi connectivity index (χ4n) is 1.88. The molecule has 21 heavy (non-hydrogen) atoms. The Morgan fingerprint density at radius 1 is 1.33 bits per heavy atom. The van der Waals surface area contributed by atoms with Gasteiger partial charge in [-0.1, -0.05) is 0 Å². The van der Waals surface area contributed by atoms with Gasteiger partial charge < -0.3 is 9.15 Å². The van der Waals surface area contributed by atoms with Crippen LogP contribution in [-0.4, -0.2) is 28.2 Å². The second kappa shape index (κ2) is 5.22. The Morgan fingerprint density at radius 3 is 2.86 bits per heavy atom. The molecule has 3 rings (SSSR count). The van der Waals surface area contributed by atoms with E-state index < -0.39 is 5.91 Å². The fourth-order valence-corrected chi connectivity index (χ4v) is 1.88. The van der Waals surface area contributed by atoms with Crippen molar-refractivity contribution in [2.75, 3.05) is 7.11 Å². The van der Waals surface area contributed by atoms with Gasteiger partial charge >= 0.3 is 0 Å². The summed E-state index contributed by atoms with van der Waals surface area (Å²) in [6.45, 7) is 0. The zero-order valence-electron chi connectivity index (χ0n) is 11.0. The first kappa shape index (κ1) is 13.1. The number of carbonyl (C=O) groups is 1. The van der Waals surface area contributed by atoms with E-state index in [1.54, 1.807) is 29.9 Å². The minimum atomic E-state index is -0.604. The lowest BCUT2D eigenvalue weighted by molar-refractivity contribution is 0.0706. The third kappa shape index (κ3) is 2.41. The Balaban J connectivity index is 2.01. The number of hydroxylamine groups is 1. The first-order chi connectivity index (χ1) is 10.2. The summed E-state index contributed by atoms with van der Waals surface area (Å²) in [5.41, 5.74) is 3.61. The van der Waals surface area contributed by atoms with Crippen LogP contribution in [0.25, 0.3) is 22.6 Å². The zero-order valence-corrected chi connectivity index (χ0v) is 11.0. The van der Waals surface area contributed by atoms with Crippen molar-refractivity contribution in [3.8, 4) is 17.3 Å². The molecule has 0 fully saturated rings. The molecular formula is C14H11N3O4. The molecule has 0 atom stereocenters. The second-order valence-corrected chi connectivity index (χ2v) is 4.23. The topological polar surface area (TPSA) is 97.5 Å². The summed E-state index contributed by atoms with van der Waals surface area (Å²) >= 11 is 0. The summed E-state index contributed by atoms with van der Waals surface area (Å²) in [7, 11) is 1.54. The van der Waals surface area contributed by atoms with Crippen LogP contribution < -0.4 is 10.2 Å². The molecule has 0 aliphatic heterocycles. The highest BCUT2D eigenvalue weighted by atomic mass is 16.5. The third-order valence-electron chi connectivity index (χ3n) is 2.94. The molecule has 2 N–H and O–H groups in total. The molecule has 0 radical (unpaired) electrons. The molecule has 0 bridgehead atoms. The van der Waals surface area contributed by atoms with Crippen LogP contribution in [0.4, 0.5) is 0 Å². The van der Waals surface area contributed by atoms with Gasteiger partial charge in [-0.25, -0.2) is 15.4 Å². The summed E-state index contributed by atoms with van der Waals surface area (Å²) in [6.07, 6.45) is 1.59. The molecule has 106 valence electrons. The Labute approximate surface area is 119 Å². The minimum absolute atomic E-state index is 0.290. The van der Waals surface area contributed by atoms with E-state index in [-0.39, 0.29) is 5.56 Å². The summed E-state index contributed by atoms with van der Waals surface area (Å²) < 4.78 is 10.6. The van der Waals surface area contributed by atoms with Crippen molar-refractivity contribution in [2.45, 2.75) is 0 Å². The van der Waals surface area contributed by atoms with Crippen LogP contribution in [0, 0.1) is 0 Å². The van der Waals surface area contributed by atoms with Gasteiger partial charge in [-0.3, -0.25) is 10.0 Å². The van der Waals surface area contributed by atoms with Gasteiger partial charge in [0.2, 0.25) is 11.8 Å². The number of hydrogen-bond donors (Lipinski definition) is 2. The van der Waals surface area contributed by atoms with Crippen LogP contribution in [0.1, 0.15) is 10.4 Å². The number of pyridine rings is 1. The number of aromatic nitrogens is 2. The lowest BCUT2D eigenvalue weighted by atomic mass is 10.2. The molecule has 0 saturated heterocycles. The molecule has 0 aliphatic rings. The van der Waals surface area contributed by atoms with Gasteiger partial charge in [0.25, 0.3) is 5.91 Å². The number of fused-ring (bicyclic) bond motifs is 1. The number of hydrogen-bond acceptors (Lipinski definition) is 6. The number of rotatable bonds is 3. The Kier molecular flexibility index (Phi) is 3.25. The summed E-state index contributed by atoms with van der Waals surface area (Å²) in [4.78, 5) is 19.8. The lowest BCUT2D eigenvalue weighted by Crippen LogP contribution is -2.18. The molecule has 0 unspecified atom stereocenters. The third-order valence-corrected chi connectivity index (χ3v) is 2.94. The van der Waals surface area contributed by atoms with Crippen LogP contribution >= 0.6 is 0 Å². The molecule has 1 amide bonds. The van der Waals surface area contributed by atoms with Crippen LogP contribution in [0.2, 0.25) is 0 Å². The quantitative estimate of drug-likeness (QED) is 0.564. The van der Waals surface area contributed by atoms with Crippen molar-refractivity contribution >= 4 is 17.0 Å². The van der Waals surface area contributed by atoms with E-state index in [9.17, 15) is 4.79 Å². The lowest BCUT2D eigenvalue weighted by Gasteiger charge is -1.98. The maximum absolute atomic E-state index is 11.4. The molecule has 0 aliphatic carbocycles. The highest BCUT2D eigenvalue weighted by molar-refractivity contribution is 5.96. The van der Waals surface area contributed by atoms with Gasteiger partial charge in [0, 0.05) is 17.8 Å². The van der Waals surface area contributed by atoms with Gasteiger partial charge in [-0.15, -0.1) is 0 Å². The zero-order chi connectivity index (χ0) is 14.8. The fraction of sp³-hybridized carbons (Fsp3) is 0.0714. The summed E-state index contributed by atoms with van der Waals surface area (Å²) in [5, 5.41) is 8.63. The SMILES string of the molecule is COc1ccc(-c2nc3cc(C(=O)NO)ccc3o2)cn1. The molecule has 3 aromatic rings. The molecular weight excluding hydrogens is 274 g/mol. The van der Waals surface area contributed by atoms with Crippen LogP contribution in [0.3, 0.4) is 0 Å². The highest BCUT2D eigenvalue weighted by Gasteiger charge is 2.11. The predicted molar refractivity (Wildman–Crippen MR) is 73.0 cm³/mol. The number of oxazole rings is 1. The smallest absolute Gasteiger partial charge is 0.274 e. The van der Waals surface area contributed by atoms with E-state index in [1.165, 1.54) is 19.2 Å². The van der Waals surface area contributed by atoms with E-state index in [0.29, 0.717) is 28.4 Å². The van der Waals surface area contributed by atoms with E-state index in [1.807, 2.05) is 0 Å². The number of ether oxygens (including phenoxy) is 1. The average Bonchev–Trinajstić information content (AvgIpc) is 2.97. The summed E-state index contributed by atoms with van der Waals surface area (Å²) in [6, 6.07) is 8.17. The van der Waals surface area contributed by atoms with Crippen LogP contribution in [0.15, 0.2) is 40.9 Å². The largest absolute Gasteiger partial charge is 0.481 e. The monoisotopic (exact) mass is 285 g/mol. The molecule has 0 saturated carbocycles. The molecule has 7 nitrogen and oxygen atoms in total. The number of benzene rings is 1. The van der Waals surface area contributed by atoms with Gasteiger partial charge in [0.15, 0.2) is 5.58 Å². The number of amides is 1. The van der Waals surface area contributed by atoms with Crippen LogP contribution in [0.5, 0.6) is 5.88 Å². The molecule has 1 aromatic carbocycles. The number of methoxy groups -OCH3 is 1. The van der Waals surface area contributed by atoms with Gasteiger partial charge in [0.1, 0.15) is 5.52 Å². The standard InChI is InChI=1S/C14H11N3O4/c1-20-12-5-3-9(7-15-12)14-16-10-6-8(13(18)17-19)2-4-11(10)21-14/h2-7,19H,1H3,(H,17,18). The van der Waals surface area contributed by atoms with Gasteiger partial charge in [0.05, 0.1) is 12.7 Å². The van der Waals surface area contributed by atoms with Crippen molar-refractivity contribution < 1.29 is 19.2 Å². The van der Waals surface area contributed by atoms with E-state index in [2.05, 4.69) is 9.97 Å². The Morgan fingerprint density at radius 2 is 2.19 bits per heavy atom. The van der Waals surface area contributed by atoms with E-state index in [4.69, 9.17) is 14.4 Å². The van der Waals surface area contributed by atoms with Gasteiger partial charge in [-0.2, -0.15) is 0 Å². The molecule has 2 heterocycles. The van der Waals surface area contributed by atoms with Crippen molar-refractivity contribution in [3.05, 3.63) is 42.1 Å². The number of nitrogens with one attached hydrogen (secondary N) is 1. The highest BCUT2D eigenvalue weighted by Crippen LogP contribution is 2.25. The maximum atomic E-state index is 11.4. The number of nitrogens with zero attached hydrogens (tertiary/aromatic N) is 2. The maximum Gasteiger partial charge on any atom is 0.274 e. The Hall–Kier alpha value is -2.93. The molecule has 2 aromatic heterocycles. The predicted octanol–water partition coefficient (Wildman–Crippen LogP) is 2.02. The average molecular weight is 285 g/mol. The van der Waals surface area contributed by atoms with E-state index in [0.717, 1.165) is 0 Å². The van der Waals surface area contributed by atoms with Crippen molar-refractivity contribution in [3.63, 3.8) is 0 Å². The molecule has 0 spiro atoms. The van der Waals surface area contributed by atoms with Crippen LogP contribution in [-0.2, 0) is 0 Å². The molecule has 7 heteroatoms. The summed E-state index contributed by atoms with van der Waals surface area (Å²) in [5.74, 6) is 0.283. The second-order valence-electron chi connectivity index (χ2n) is 4.23.